The lowest BCUT2D eigenvalue weighted by molar-refractivity contribution is 0.914. The maximum atomic E-state index is 5.93. The average Bonchev–Trinajstić information content (AvgIpc) is 2.18. The van der Waals surface area contributed by atoms with Gasteiger partial charge in [0.05, 0.1) is 10.0 Å². The molecular formula is C10H10Cl2NS2-. The lowest BCUT2D eigenvalue weighted by Gasteiger charge is -2.28. The van der Waals surface area contributed by atoms with Crippen LogP contribution < -0.4 is 4.90 Å². The van der Waals surface area contributed by atoms with Gasteiger partial charge in [-0.2, -0.15) is 0 Å². The van der Waals surface area contributed by atoms with Gasteiger partial charge in [0.15, 0.2) is 0 Å². The van der Waals surface area contributed by atoms with Crippen molar-refractivity contribution < 1.29 is 0 Å². The molecule has 0 saturated heterocycles. The minimum Gasteiger partial charge on any atom is -0.411 e. The van der Waals surface area contributed by atoms with Gasteiger partial charge < -0.3 is 29.7 Å². The zero-order valence-corrected chi connectivity index (χ0v) is 11.3. The minimum absolute atomic E-state index is 0.426. The molecule has 1 aromatic rings. The number of benzene rings is 1. The summed E-state index contributed by atoms with van der Waals surface area (Å²) in [6, 6.07) is 5.39. The van der Waals surface area contributed by atoms with Crippen molar-refractivity contribution in [1.82, 2.24) is 0 Å². The summed E-state index contributed by atoms with van der Waals surface area (Å²) >= 11 is 21.8. The smallest absolute Gasteiger partial charge is 0.0613 e. The number of anilines is 1. The Bertz CT molecular complexity index is 368. The minimum atomic E-state index is 0.426. The molecule has 0 aliphatic rings. The fourth-order valence-electron chi connectivity index (χ4n) is 1.20. The Labute approximate surface area is 111 Å². The first kappa shape index (κ1) is 13.0. The Balaban J connectivity index is 3.01. The summed E-state index contributed by atoms with van der Waals surface area (Å²) in [4.78, 5) is 1.87. The fourth-order valence-corrected chi connectivity index (χ4v) is 1.89. The second-order valence-electron chi connectivity index (χ2n) is 3.02. The zero-order valence-electron chi connectivity index (χ0n) is 8.17. The second kappa shape index (κ2) is 5.85. The maximum Gasteiger partial charge on any atom is 0.0613 e. The van der Waals surface area contributed by atoms with Crippen LogP contribution in [0.5, 0.6) is 0 Å². The van der Waals surface area contributed by atoms with Crippen LogP contribution in [-0.2, 0) is 12.6 Å². The molecule has 0 saturated carbocycles. The SMILES string of the molecule is CCCN(C(=S)[S-])c1ccc(Cl)c(Cl)c1. The van der Waals surface area contributed by atoms with Crippen molar-refractivity contribution in [3.8, 4) is 0 Å². The molecule has 1 aromatic carbocycles. The fraction of sp³-hybridized carbons (Fsp3) is 0.300. The Hall–Kier alpha value is -0.0900. The third kappa shape index (κ3) is 3.45. The van der Waals surface area contributed by atoms with Crippen LogP contribution >= 0.6 is 35.4 Å². The molecule has 0 aliphatic heterocycles. The molecule has 0 aliphatic carbocycles. The van der Waals surface area contributed by atoms with Crippen LogP contribution in [0.1, 0.15) is 13.3 Å². The van der Waals surface area contributed by atoms with E-state index in [1.165, 1.54) is 0 Å². The summed E-state index contributed by atoms with van der Waals surface area (Å²) in [5.74, 6) is 0. The summed E-state index contributed by atoms with van der Waals surface area (Å²) in [5, 5.41) is 1.05. The van der Waals surface area contributed by atoms with Crippen molar-refractivity contribution in [1.29, 1.82) is 0 Å². The van der Waals surface area contributed by atoms with Crippen LogP contribution in [0.15, 0.2) is 18.2 Å². The van der Waals surface area contributed by atoms with Crippen LogP contribution in [0.4, 0.5) is 5.69 Å². The van der Waals surface area contributed by atoms with Crippen molar-refractivity contribution in [2.24, 2.45) is 0 Å². The molecule has 0 N–H and O–H groups in total. The summed E-state index contributed by atoms with van der Waals surface area (Å²) < 4.78 is 0.426. The van der Waals surface area contributed by atoms with E-state index in [0.717, 1.165) is 18.7 Å². The third-order valence-corrected chi connectivity index (χ3v) is 3.06. The summed E-state index contributed by atoms with van der Waals surface area (Å²) in [7, 11) is 0. The third-order valence-electron chi connectivity index (χ3n) is 1.88. The molecule has 0 radical (unpaired) electrons. The molecule has 1 rings (SSSR count). The highest BCUT2D eigenvalue weighted by molar-refractivity contribution is 8.00. The standard InChI is InChI=1S/C10H11Cl2NS2/c1-2-5-13(10(14)15)7-3-4-8(11)9(12)6-7/h3-4,6H,2,5H2,1H3,(H,14,15)/p-1. The maximum absolute atomic E-state index is 5.93. The second-order valence-corrected chi connectivity index (χ2v) is 4.86. The van der Waals surface area contributed by atoms with E-state index in [1.807, 2.05) is 11.0 Å². The predicted octanol–water partition coefficient (Wildman–Crippen LogP) is 4.04. The average molecular weight is 279 g/mol. The topological polar surface area (TPSA) is 3.24 Å². The molecule has 5 heteroatoms. The van der Waals surface area contributed by atoms with Gasteiger partial charge in [0.25, 0.3) is 0 Å². The normalized spacial score (nSPS) is 10.1. The highest BCUT2D eigenvalue weighted by Gasteiger charge is 2.05. The highest BCUT2D eigenvalue weighted by Crippen LogP contribution is 2.27. The molecule has 0 heterocycles. The number of rotatable bonds is 3. The highest BCUT2D eigenvalue weighted by atomic mass is 35.5. The molecule has 0 aromatic heterocycles. The molecule has 1 nitrogen and oxygen atoms in total. The van der Waals surface area contributed by atoms with E-state index in [2.05, 4.69) is 6.92 Å². The summed E-state index contributed by atoms with van der Waals surface area (Å²) in [6.45, 7) is 2.86. The Morgan fingerprint density at radius 2 is 2.07 bits per heavy atom. The van der Waals surface area contributed by atoms with Crippen molar-refractivity contribution in [2.75, 3.05) is 11.4 Å². The molecule has 0 spiro atoms. The first-order chi connectivity index (χ1) is 7.06. The van der Waals surface area contributed by atoms with E-state index < -0.39 is 0 Å². The zero-order chi connectivity index (χ0) is 11.4. The Morgan fingerprint density at radius 1 is 1.40 bits per heavy atom. The Kier molecular flexibility index (Phi) is 5.06. The monoisotopic (exact) mass is 278 g/mol. The quantitative estimate of drug-likeness (QED) is 0.607. The first-order valence-electron chi connectivity index (χ1n) is 4.49. The van der Waals surface area contributed by atoms with Gasteiger partial charge in [-0.05, 0) is 24.6 Å². The van der Waals surface area contributed by atoms with Crippen molar-refractivity contribution in [3.63, 3.8) is 0 Å². The van der Waals surface area contributed by atoms with Crippen LogP contribution in [0.3, 0.4) is 0 Å². The first-order valence-corrected chi connectivity index (χ1v) is 6.07. The van der Waals surface area contributed by atoms with Crippen molar-refractivity contribution >= 4 is 58.1 Å². The number of thiocarbonyl (C=S) groups is 1. The molecule has 82 valence electrons. The van der Waals surface area contributed by atoms with Gasteiger partial charge in [-0.15, -0.1) is 0 Å². The van der Waals surface area contributed by atoms with E-state index in [1.54, 1.807) is 12.1 Å². The number of hydrogen-bond donors (Lipinski definition) is 0. The molecule has 0 atom stereocenters. The van der Waals surface area contributed by atoms with Gasteiger partial charge in [0.2, 0.25) is 0 Å². The summed E-state index contributed by atoms with van der Waals surface area (Å²) in [5.41, 5.74) is 0.895. The Morgan fingerprint density at radius 3 is 2.53 bits per heavy atom. The number of nitrogens with zero attached hydrogens (tertiary/aromatic N) is 1. The van der Waals surface area contributed by atoms with E-state index >= 15 is 0 Å². The van der Waals surface area contributed by atoms with Crippen molar-refractivity contribution in [3.05, 3.63) is 28.2 Å². The largest absolute Gasteiger partial charge is 0.411 e. The van der Waals surface area contributed by atoms with Crippen molar-refractivity contribution in [2.45, 2.75) is 13.3 Å². The molecule has 0 amide bonds. The molecule has 0 fully saturated rings. The molecule has 0 unspecified atom stereocenters. The summed E-state index contributed by atoms with van der Waals surface area (Å²) in [6.07, 6.45) is 0.969. The lowest BCUT2D eigenvalue weighted by Crippen LogP contribution is -2.28. The van der Waals surface area contributed by atoms with Crippen LogP contribution in [0.25, 0.3) is 0 Å². The van der Waals surface area contributed by atoms with E-state index in [9.17, 15) is 0 Å². The van der Waals surface area contributed by atoms with Gasteiger partial charge in [-0.3, -0.25) is 0 Å². The van der Waals surface area contributed by atoms with E-state index in [4.69, 9.17) is 48.0 Å². The number of halogens is 2. The number of hydrogen-bond acceptors (Lipinski definition) is 2. The lowest BCUT2D eigenvalue weighted by atomic mass is 10.3. The van der Waals surface area contributed by atoms with E-state index in [0.29, 0.717) is 14.4 Å². The predicted molar refractivity (Wildman–Crippen MR) is 74.1 cm³/mol. The van der Waals surface area contributed by atoms with Gasteiger partial charge >= 0.3 is 0 Å². The van der Waals surface area contributed by atoms with Crippen LogP contribution in [-0.4, -0.2) is 10.9 Å². The van der Waals surface area contributed by atoms with Gasteiger partial charge in [0, 0.05) is 12.2 Å². The van der Waals surface area contributed by atoms with E-state index in [-0.39, 0.29) is 0 Å². The van der Waals surface area contributed by atoms with Gasteiger partial charge in [0.1, 0.15) is 0 Å². The van der Waals surface area contributed by atoms with Crippen LogP contribution in [0.2, 0.25) is 10.0 Å². The van der Waals surface area contributed by atoms with Crippen LogP contribution in [0, 0.1) is 0 Å². The molecule has 0 bridgehead atoms. The van der Waals surface area contributed by atoms with Gasteiger partial charge in [-0.1, -0.05) is 34.4 Å². The van der Waals surface area contributed by atoms with Gasteiger partial charge in [-0.25, -0.2) is 0 Å². The molecule has 15 heavy (non-hydrogen) atoms. The molecular weight excluding hydrogens is 269 g/mol.